The van der Waals surface area contributed by atoms with Crippen molar-refractivity contribution in [2.24, 2.45) is 0 Å². The summed E-state index contributed by atoms with van der Waals surface area (Å²) in [4.78, 5) is 18.9. The van der Waals surface area contributed by atoms with Crippen LogP contribution in [-0.2, 0) is 9.59 Å². The van der Waals surface area contributed by atoms with Crippen LogP contribution < -0.4 is 4.57 Å². The van der Waals surface area contributed by atoms with E-state index in [1.165, 1.54) is 0 Å². The Morgan fingerprint density at radius 1 is 1.41 bits per heavy atom. The SMILES string of the molecule is C=Cn1cc[n+](C(C)C)c1.O=C(O)CC(=O)O. The number of rotatable bonds is 4. The summed E-state index contributed by atoms with van der Waals surface area (Å²) in [5, 5.41) is 15.4. The average molecular weight is 241 g/mol. The van der Waals surface area contributed by atoms with Crippen LogP contribution in [0.4, 0.5) is 0 Å². The normalized spacial score (nSPS) is 9.35. The Bertz CT molecular complexity index is 384. The van der Waals surface area contributed by atoms with Gasteiger partial charge in [0.05, 0.1) is 12.2 Å². The molecule has 0 radical (unpaired) electrons. The molecule has 6 heteroatoms. The molecular formula is C11H17N2O4+. The summed E-state index contributed by atoms with van der Waals surface area (Å²) >= 11 is 0. The van der Waals surface area contributed by atoms with Gasteiger partial charge in [0, 0.05) is 0 Å². The molecule has 0 bridgehead atoms. The predicted molar refractivity (Wildman–Crippen MR) is 61.3 cm³/mol. The van der Waals surface area contributed by atoms with Gasteiger partial charge in [-0.05, 0) is 13.8 Å². The number of hydrogen-bond donors (Lipinski definition) is 2. The summed E-state index contributed by atoms with van der Waals surface area (Å²) in [5.41, 5.74) is 0. The zero-order chi connectivity index (χ0) is 13.4. The summed E-state index contributed by atoms with van der Waals surface area (Å²) in [7, 11) is 0. The van der Waals surface area contributed by atoms with Gasteiger partial charge in [0.15, 0.2) is 0 Å². The minimum absolute atomic E-state index is 0.529. The maximum atomic E-state index is 9.43. The molecule has 2 N–H and O–H groups in total. The third kappa shape index (κ3) is 6.88. The van der Waals surface area contributed by atoms with Gasteiger partial charge in [0.1, 0.15) is 18.8 Å². The van der Waals surface area contributed by atoms with Gasteiger partial charge in [-0.2, -0.15) is 0 Å². The molecule has 1 rings (SSSR count). The van der Waals surface area contributed by atoms with Gasteiger partial charge in [0.2, 0.25) is 6.33 Å². The molecule has 0 aliphatic carbocycles. The summed E-state index contributed by atoms with van der Waals surface area (Å²) < 4.78 is 4.06. The molecule has 0 aromatic carbocycles. The molecule has 1 aromatic rings. The van der Waals surface area contributed by atoms with E-state index < -0.39 is 18.4 Å². The van der Waals surface area contributed by atoms with Gasteiger partial charge in [-0.25, -0.2) is 9.13 Å². The number of carboxylic acid groups (broad SMARTS) is 2. The van der Waals surface area contributed by atoms with Gasteiger partial charge in [-0.3, -0.25) is 9.59 Å². The van der Waals surface area contributed by atoms with E-state index >= 15 is 0 Å². The fourth-order valence-corrected chi connectivity index (χ4v) is 0.928. The lowest BCUT2D eigenvalue weighted by molar-refractivity contribution is -0.715. The van der Waals surface area contributed by atoms with Crippen molar-refractivity contribution in [2.45, 2.75) is 26.3 Å². The highest BCUT2D eigenvalue weighted by molar-refractivity contribution is 5.88. The first kappa shape index (κ1) is 14.9. The summed E-state index contributed by atoms with van der Waals surface area (Å²) in [6.45, 7) is 7.95. The zero-order valence-electron chi connectivity index (χ0n) is 9.91. The highest BCUT2D eigenvalue weighted by Gasteiger charge is 2.03. The van der Waals surface area contributed by atoms with E-state index in [1.807, 2.05) is 23.3 Å². The minimum Gasteiger partial charge on any atom is -0.481 e. The fourth-order valence-electron chi connectivity index (χ4n) is 0.928. The molecule has 0 amide bonds. The van der Waals surface area contributed by atoms with Crippen molar-refractivity contribution < 1.29 is 24.4 Å². The first-order chi connectivity index (χ1) is 7.86. The lowest BCUT2D eigenvalue weighted by Gasteiger charge is -1.95. The number of aliphatic carboxylic acids is 2. The van der Waals surface area contributed by atoms with E-state index in [4.69, 9.17) is 10.2 Å². The number of aromatic nitrogens is 2. The minimum atomic E-state index is -1.31. The fraction of sp³-hybridized carbons (Fsp3) is 0.364. The van der Waals surface area contributed by atoms with E-state index in [2.05, 4.69) is 25.0 Å². The Morgan fingerprint density at radius 2 is 1.94 bits per heavy atom. The maximum absolute atomic E-state index is 9.43. The topological polar surface area (TPSA) is 83.4 Å². The molecule has 0 aliphatic heterocycles. The van der Waals surface area contributed by atoms with Crippen LogP contribution in [0.1, 0.15) is 26.3 Å². The second kappa shape index (κ2) is 7.21. The smallest absolute Gasteiger partial charge is 0.314 e. The van der Waals surface area contributed by atoms with Crippen molar-refractivity contribution >= 4 is 18.1 Å². The number of hydrogen-bond acceptors (Lipinski definition) is 2. The molecule has 6 nitrogen and oxygen atoms in total. The third-order valence-corrected chi connectivity index (χ3v) is 1.79. The Hall–Kier alpha value is -2.11. The lowest BCUT2D eigenvalue weighted by atomic mass is 10.4. The summed E-state index contributed by atoms with van der Waals surface area (Å²) in [6, 6.07) is 0.529. The van der Waals surface area contributed by atoms with Crippen molar-refractivity contribution in [1.29, 1.82) is 0 Å². The molecule has 0 saturated carbocycles. The standard InChI is InChI=1S/C8H13N2.C3H4O4/c1-4-9-5-6-10(7-9)8(2)3;4-2(5)1-3(6)7/h4-8H,1H2,2-3H3;1H2,(H,4,5)(H,6,7)/q+1;. The molecule has 94 valence electrons. The molecule has 0 unspecified atom stereocenters. The third-order valence-electron chi connectivity index (χ3n) is 1.79. The highest BCUT2D eigenvalue weighted by Crippen LogP contribution is 1.91. The zero-order valence-corrected chi connectivity index (χ0v) is 9.91. The van der Waals surface area contributed by atoms with Crippen LogP contribution in [0.5, 0.6) is 0 Å². The monoisotopic (exact) mass is 241 g/mol. The van der Waals surface area contributed by atoms with E-state index in [-0.39, 0.29) is 0 Å². The predicted octanol–water partition coefficient (Wildman–Crippen LogP) is 1.00. The quantitative estimate of drug-likeness (QED) is 0.608. The Kier molecular flexibility index (Phi) is 6.32. The largest absolute Gasteiger partial charge is 0.481 e. The van der Waals surface area contributed by atoms with Crippen molar-refractivity contribution in [2.75, 3.05) is 0 Å². The number of carboxylic acids is 2. The lowest BCUT2D eigenvalue weighted by Crippen LogP contribution is -2.33. The van der Waals surface area contributed by atoms with Crippen LogP contribution in [0.2, 0.25) is 0 Å². The van der Waals surface area contributed by atoms with Crippen molar-refractivity contribution in [1.82, 2.24) is 4.57 Å². The van der Waals surface area contributed by atoms with Crippen molar-refractivity contribution in [3.05, 3.63) is 25.3 Å². The molecule has 0 atom stereocenters. The first-order valence-corrected chi connectivity index (χ1v) is 5.01. The molecule has 17 heavy (non-hydrogen) atoms. The van der Waals surface area contributed by atoms with Gasteiger partial charge in [-0.1, -0.05) is 6.58 Å². The van der Waals surface area contributed by atoms with E-state index in [9.17, 15) is 9.59 Å². The van der Waals surface area contributed by atoms with Crippen LogP contribution in [0.3, 0.4) is 0 Å². The van der Waals surface area contributed by atoms with Crippen LogP contribution in [-0.4, -0.2) is 26.7 Å². The molecule has 1 heterocycles. The maximum Gasteiger partial charge on any atom is 0.314 e. The van der Waals surface area contributed by atoms with Crippen LogP contribution >= 0.6 is 0 Å². The molecule has 0 aliphatic rings. The Morgan fingerprint density at radius 3 is 2.12 bits per heavy atom. The summed E-state index contributed by atoms with van der Waals surface area (Å²) in [6.07, 6.45) is 7.00. The average Bonchev–Trinajstić information content (AvgIpc) is 2.64. The summed E-state index contributed by atoms with van der Waals surface area (Å²) in [5.74, 6) is -2.62. The molecule has 0 fully saturated rings. The Labute approximate surface area is 99.4 Å². The molecule has 0 spiro atoms. The number of nitrogens with zero attached hydrogens (tertiary/aromatic N) is 2. The van der Waals surface area contributed by atoms with Gasteiger partial charge in [-0.15, -0.1) is 0 Å². The van der Waals surface area contributed by atoms with Gasteiger partial charge < -0.3 is 10.2 Å². The second-order valence-electron chi connectivity index (χ2n) is 3.55. The van der Waals surface area contributed by atoms with E-state index in [1.54, 1.807) is 6.20 Å². The highest BCUT2D eigenvalue weighted by atomic mass is 16.4. The van der Waals surface area contributed by atoms with Crippen molar-refractivity contribution in [3.8, 4) is 0 Å². The second-order valence-corrected chi connectivity index (χ2v) is 3.55. The Balaban J connectivity index is 0.000000325. The van der Waals surface area contributed by atoms with Crippen molar-refractivity contribution in [3.63, 3.8) is 0 Å². The van der Waals surface area contributed by atoms with Crippen LogP contribution in [0.15, 0.2) is 25.3 Å². The molecule has 0 saturated heterocycles. The number of carbonyl (C=O) groups is 2. The van der Waals surface area contributed by atoms with Crippen LogP contribution in [0.25, 0.3) is 6.20 Å². The first-order valence-electron chi connectivity index (χ1n) is 5.01. The van der Waals surface area contributed by atoms with E-state index in [0.29, 0.717) is 6.04 Å². The molecule has 1 aromatic heterocycles. The van der Waals surface area contributed by atoms with E-state index in [0.717, 1.165) is 0 Å². The molecular weight excluding hydrogens is 224 g/mol. The number of imidazole rings is 1. The van der Waals surface area contributed by atoms with Crippen LogP contribution in [0, 0.1) is 0 Å². The van der Waals surface area contributed by atoms with Gasteiger partial charge in [0.25, 0.3) is 0 Å². The van der Waals surface area contributed by atoms with Gasteiger partial charge >= 0.3 is 11.9 Å².